The number of aryl methyl sites for hydroxylation is 3. The maximum atomic E-state index is 12.5. The highest BCUT2D eigenvalue weighted by atomic mass is 32.1. The molecule has 5 heteroatoms. The average Bonchev–Trinajstić information content (AvgIpc) is 2.93. The molecule has 0 radical (unpaired) electrons. The second-order valence-corrected chi connectivity index (χ2v) is 7.05. The van der Waals surface area contributed by atoms with Crippen molar-refractivity contribution in [2.24, 2.45) is 4.99 Å². The maximum Gasteiger partial charge on any atom is 0.279 e. The summed E-state index contributed by atoms with van der Waals surface area (Å²) in [4.78, 5) is 17.6. The largest absolute Gasteiger partial charge is 0.316 e. The van der Waals surface area contributed by atoms with Crippen molar-refractivity contribution >= 4 is 27.5 Å². The maximum absolute atomic E-state index is 12.5. The standard InChI is InChI=1S/C20H19N3OS/c1-4-9-23-17-11-13(2)10-14(3)18(17)25-20(23)22-19(24)16-7-5-15(12-21)6-8-16/h5-8,10-11H,4,9H2,1-3H3. The molecule has 0 aliphatic rings. The van der Waals surface area contributed by atoms with E-state index in [9.17, 15) is 4.79 Å². The third-order valence-corrected chi connectivity index (χ3v) is 5.25. The summed E-state index contributed by atoms with van der Waals surface area (Å²) in [6.45, 7) is 7.11. The molecule has 0 fully saturated rings. The molecule has 1 heterocycles. The number of rotatable bonds is 3. The van der Waals surface area contributed by atoms with Crippen LogP contribution in [0.5, 0.6) is 0 Å². The Morgan fingerprint density at radius 1 is 1.24 bits per heavy atom. The molecule has 0 aliphatic heterocycles. The predicted octanol–water partition coefficient (Wildman–Crippen LogP) is 4.34. The number of carbonyl (C=O) groups excluding carboxylic acids is 1. The van der Waals surface area contributed by atoms with Crippen LogP contribution in [-0.2, 0) is 6.54 Å². The fourth-order valence-corrected chi connectivity index (χ4v) is 3.98. The van der Waals surface area contributed by atoms with Crippen LogP contribution in [0.2, 0.25) is 0 Å². The van der Waals surface area contributed by atoms with Crippen LogP contribution in [0.1, 0.15) is 40.4 Å². The molecule has 0 N–H and O–H groups in total. The summed E-state index contributed by atoms with van der Waals surface area (Å²) in [6.07, 6.45) is 0.969. The van der Waals surface area contributed by atoms with Crippen LogP contribution in [0.25, 0.3) is 10.2 Å². The quantitative estimate of drug-likeness (QED) is 0.706. The molecule has 4 nitrogen and oxygen atoms in total. The van der Waals surface area contributed by atoms with E-state index in [0.717, 1.165) is 23.3 Å². The van der Waals surface area contributed by atoms with Gasteiger partial charge in [-0.15, -0.1) is 0 Å². The lowest BCUT2D eigenvalue weighted by Crippen LogP contribution is -2.16. The summed E-state index contributed by atoms with van der Waals surface area (Å²) in [5, 5.41) is 8.87. The first-order valence-electron chi connectivity index (χ1n) is 8.23. The number of hydrogen-bond donors (Lipinski definition) is 0. The molecule has 1 amide bonds. The van der Waals surface area contributed by atoms with Crippen LogP contribution in [0.4, 0.5) is 0 Å². The van der Waals surface area contributed by atoms with Crippen LogP contribution in [0, 0.1) is 25.2 Å². The first-order chi connectivity index (χ1) is 12.0. The van der Waals surface area contributed by atoms with Gasteiger partial charge in [0.25, 0.3) is 5.91 Å². The fourth-order valence-electron chi connectivity index (χ4n) is 2.88. The van der Waals surface area contributed by atoms with Crippen molar-refractivity contribution in [3.63, 3.8) is 0 Å². The Kier molecular flexibility index (Phi) is 4.82. The number of nitrogens with zero attached hydrogens (tertiary/aromatic N) is 3. The van der Waals surface area contributed by atoms with E-state index >= 15 is 0 Å². The summed E-state index contributed by atoms with van der Waals surface area (Å²) in [7, 11) is 0. The lowest BCUT2D eigenvalue weighted by molar-refractivity contribution is 0.0998. The van der Waals surface area contributed by atoms with Crippen molar-refractivity contribution in [3.8, 4) is 6.07 Å². The van der Waals surface area contributed by atoms with Crippen LogP contribution >= 0.6 is 11.3 Å². The Balaban J connectivity index is 2.14. The number of hydrogen-bond acceptors (Lipinski definition) is 3. The van der Waals surface area contributed by atoms with Crippen LogP contribution < -0.4 is 4.80 Å². The topological polar surface area (TPSA) is 58.1 Å². The third-order valence-electron chi connectivity index (χ3n) is 4.02. The number of thiazole rings is 1. The van der Waals surface area contributed by atoms with Crippen LogP contribution in [-0.4, -0.2) is 10.5 Å². The van der Waals surface area contributed by atoms with Crippen molar-refractivity contribution < 1.29 is 4.79 Å². The second kappa shape index (κ2) is 7.04. The zero-order valence-electron chi connectivity index (χ0n) is 14.5. The Hall–Kier alpha value is -2.71. The monoisotopic (exact) mass is 349 g/mol. The molecule has 0 bridgehead atoms. The number of amides is 1. The van der Waals surface area contributed by atoms with Gasteiger partial charge in [0.05, 0.1) is 21.8 Å². The van der Waals surface area contributed by atoms with E-state index in [1.807, 2.05) is 0 Å². The lowest BCUT2D eigenvalue weighted by atomic mass is 10.1. The van der Waals surface area contributed by atoms with Gasteiger partial charge in [-0.3, -0.25) is 4.79 Å². The zero-order valence-corrected chi connectivity index (χ0v) is 15.4. The van der Waals surface area contributed by atoms with Gasteiger partial charge in [0.2, 0.25) is 0 Å². The molecule has 0 atom stereocenters. The number of fused-ring (bicyclic) bond motifs is 1. The average molecular weight is 349 g/mol. The van der Waals surface area contributed by atoms with E-state index in [1.165, 1.54) is 15.8 Å². The number of aromatic nitrogens is 1. The minimum absolute atomic E-state index is 0.282. The van der Waals surface area contributed by atoms with E-state index in [-0.39, 0.29) is 5.91 Å². The summed E-state index contributed by atoms with van der Waals surface area (Å²) < 4.78 is 3.30. The molecule has 0 saturated heterocycles. The first kappa shape index (κ1) is 17.1. The smallest absolute Gasteiger partial charge is 0.279 e. The van der Waals surface area contributed by atoms with E-state index in [4.69, 9.17) is 5.26 Å². The van der Waals surface area contributed by atoms with Gasteiger partial charge in [-0.05, 0) is 61.7 Å². The van der Waals surface area contributed by atoms with Crippen molar-refractivity contribution in [3.05, 3.63) is 63.5 Å². The van der Waals surface area contributed by atoms with Crippen molar-refractivity contribution in [2.45, 2.75) is 33.7 Å². The van der Waals surface area contributed by atoms with Gasteiger partial charge in [-0.25, -0.2) is 0 Å². The Morgan fingerprint density at radius 3 is 2.60 bits per heavy atom. The van der Waals surface area contributed by atoms with E-state index < -0.39 is 0 Å². The highest BCUT2D eigenvalue weighted by Crippen LogP contribution is 2.23. The molecule has 0 unspecified atom stereocenters. The predicted molar refractivity (Wildman–Crippen MR) is 101 cm³/mol. The lowest BCUT2D eigenvalue weighted by Gasteiger charge is -2.04. The molecule has 0 spiro atoms. The van der Waals surface area contributed by atoms with Crippen LogP contribution in [0.3, 0.4) is 0 Å². The fraction of sp³-hybridized carbons (Fsp3) is 0.250. The molecule has 3 rings (SSSR count). The third kappa shape index (κ3) is 3.40. The van der Waals surface area contributed by atoms with Crippen molar-refractivity contribution in [1.29, 1.82) is 5.26 Å². The molecule has 2 aromatic carbocycles. The van der Waals surface area contributed by atoms with Gasteiger partial charge in [0, 0.05) is 12.1 Å². The van der Waals surface area contributed by atoms with Crippen LogP contribution in [0.15, 0.2) is 41.4 Å². The molecular formula is C20H19N3OS. The first-order valence-corrected chi connectivity index (χ1v) is 9.05. The summed E-state index contributed by atoms with van der Waals surface area (Å²) in [5.74, 6) is -0.282. The minimum atomic E-state index is -0.282. The van der Waals surface area contributed by atoms with Gasteiger partial charge in [0.15, 0.2) is 4.80 Å². The minimum Gasteiger partial charge on any atom is -0.316 e. The van der Waals surface area contributed by atoms with E-state index in [2.05, 4.69) is 48.5 Å². The van der Waals surface area contributed by atoms with Gasteiger partial charge in [-0.2, -0.15) is 10.3 Å². The normalized spacial score (nSPS) is 11.7. The van der Waals surface area contributed by atoms with E-state index in [0.29, 0.717) is 11.1 Å². The summed E-state index contributed by atoms with van der Waals surface area (Å²) in [5.41, 5.74) is 4.57. The van der Waals surface area contributed by atoms with Gasteiger partial charge >= 0.3 is 0 Å². The Morgan fingerprint density at radius 2 is 1.96 bits per heavy atom. The highest BCUT2D eigenvalue weighted by Gasteiger charge is 2.11. The Labute approximate surface area is 150 Å². The molecule has 126 valence electrons. The molecule has 0 aliphatic carbocycles. The van der Waals surface area contributed by atoms with Gasteiger partial charge in [0.1, 0.15) is 0 Å². The zero-order chi connectivity index (χ0) is 18.0. The van der Waals surface area contributed by atoms with Crippen molar-refractivity contribution in [2.75, 3.05) is 0 Å². The highest BCUT2D eigenvalue weighted by molar-refractivity contribution is 7.16. The molecule has 1 aromatic heterocycles. The molecule has 0 saturated carbocycles. The summed E-state index contributed by atoms with van der Waals surface area (Å²) in [6, 6.07) is 12.9. The van der Waals surface area contributed by atoms with E-state index in [1.54, 1.807) is 35.6 Å². The molecule has 3 aromatic rings. The number of nitriles is 1. The molecular weight excluding hydrogens is 330 g/mol. The Bertz CT molecular complexity index is 1050. The SMILES string of the molecule is CCCn1c(=NC(=O)c2ccc(C#N)cc2)sc2c(C)cc(C)cc21. The number of carbonyl (C=O) groups is 1. The second-order valence-electron chi connectivity index (χ2n) is 6.07. The molecule has 25 heavy (non-hydrogen) atoms. The summed E-state index contributed by atoms with van der Waals surface area (Å²) >= 11 is 1.55. The van der Waals surface area contributed by atoms with Gasteiger partial charge in [-0.1, -0.05) is 24.3 Å². The van der Waals surface area contributed by atoms with Crippen molar-refractivity contribution in [1.82, 2.24) is 4.57 Å². The number of benzene rings is 2. The van der Waals surface area contributed by atoms with Gasteiger partial charge < -0.3 is 4.57 Å².